The van der Waals surface area contributed by atoms with E-state index in [1.165, 1.54) is 6.92 Å². The lowest BCUT2D eigenvalue weighted by Gasteiger charge is -2.29. The third-order valence-electron chi connectivity index (χ3n) is 2.31. The molecule has 1 aliphatic carbocycles. The number of carboxylic acids is 1. The second kappa shape index (κ2) is 3.45. The molecule has 0 saturated heterocycles. The maximum absolute atomic E-state index is 10.6. The quantitative estimate of drug-likeness (QED) is 0.417. The van der Waals surface area contributed by atoms with Crippen LogP contribution in [0.5, 0.6) is 0 Å². The molecule has 0 spiro atoms. The lowest BCUT2D eigenvalue weighted by Crippen LogP contribution is -2.43. The Morgan fingerprint density at radius 1 is 1.38 bits per heavy atom. The van der Waals surface area contributed by atoms with Crippen molar-refractivity contribution in [3.05, 3.63) is 11.1 Å². The monoisotopic (exact) mass is 188 g/mol. The molecule has 74 valence electrons. The SMILES string of the molecule is CC1=C(C(=O)O)C[C@@H](O)[C@H](O)[C@@H]1O. The molecule has 0 fully saturated rings. The largest absolute Gasteiger partial charge is 0.478 e. The minimum Gasteiger partial charge on any atom is -0.478 e. The number of aliphatic hydroxyl groups is 3. The Bertz CT molecular complexity index is 257. The molecule has 0 amide bonds. The van der Waals surface area contributed by atoms with E-state index < -0.39 is 24.3 Å². The molecule has 0 saturated carbocycles. The van der Waals surface area contributed by atoms with Gasteiger partial charge in [0, 0.05) is 12.0 Å². The van der Waals surface area contributed by atoms with E-state index >= 15 is 0 Å². The third-order valence-corrected chi connectivity index (χ3v) is 2.31. The van der Waals surface area contributed by atoms with E-state index in [1.54, 1.807) is 0 Å². The maximum Gasteiger partial charge on any atom is 0.331 e. The summed E-state index contributed by atoms with van der Waals surface area (Å²) in [4.78, 5) is 10.6. The zero-order valence-electron chi connectivity index (χ0n) is 7.14. The first kappa shape index (κ1) is 10.2. The standard InChI is InChI=1S/C8H12O5/c1-3-4(8(12)13)2-5(9)7(11)6(3)10/h5-7,9-11H,2H2,1H3,(H,12,13)/t5-,6-,7+/m1/s1. The van der Waals surface area contributed by atoms with Crippen molar-refractivity contribution < 1.29 is 25.2 Å². The highest BCUT2D eigenvalue weighted by atomic mass is 16.4. The molecule has 0 aromatic rings. The van der Waals surface area contributed by atoms with Crippen LogP contribution in [0.15, 0.2) is 11.1 Å². The van der Waals surface area contributed by atoms with E-state index in [2.05, 4.69) is 0 Å². The summed E-state index contributed by atoms with van der Waals surface area (Å²) in [6, 6.07) is 0. The molecule has 13 heavy (non-hydrogen) atoms. The molecule has 0 bridgehead atoms. The van der Waals surface area contributed by atoms with Crippen molar-refractivity contribution in [2.75, 3.05) is 0 Å². The molecular weight excluding hydrogens is 176 g/mol. The number of carboxylic acid groups (broad SMARTS) is 1. The number of carbonyl (C=O) groups is 1. The van der Waals surface area contributed by atoms with Crippen molar-refractivity contribution in [2.24, 2.45) is 0 Å². The van der Waals surface area contributed by atoms with Crippen molar-refractivity contribution in [3.8, 4) is 0 Å². The number of hydrogen-bond donors (Lipinski definition) is 4. The molecule has 5 heteroatoms. The summed E-state index contributed by atoms with van der Waals surface area (Å²) in [5.74, 6) is -1.16. The molecule has 3 atom stereocenters. The lowest BCUT2D eigenvalue weighted by molar-refractivity contribution is -0.134. The van der Waals surface area contributed by atoms with Crippen molar-refractivity contribution in [3.63, 3.8) is 0 Å². The van der Waals surface area contributed by atoms with E-state index in [0.717, 1.165) is 0 Å². The van der Waals surface area contributed by atoms with Gasteiger partial charge in [0.2, 0.25) is 0 Å². The summed E-state index contributed by atoms with van der Waals surface area (Å²) in [6.07, 6.45) is -3.90. The summed E-state index contributed by atoms with van der Waals surface area (Å²) in [5, 5.41) is 36.3. The minimum atomic E-state index is -1.29. The Morgan fingerprint density at radius 2 is 1.92 bits per heavy atom. The first-order valence-corrected chi connectivity index (χ1v) is 3.92. The first-order valence-electron chi connectivity index (χ1n) is 3.92. The molecule has 0 aromatic carbocycles. The summed E-state index contributed by atoms with van der Waals surface area (Å²) in [7, 11) is 0. The number of hydrogen-bond acceptors (Lipinski definition) is 4. The predicted octanol–water partition coefficient (Wildman–Crippen LogP) is -1.13. The second-order valence-electron chi connectivity index (χ2n) is 3.17. The van der Waals surface area contributed by atoms with Crippen LogP contribution in [0.2, 0.25) is 0 Å². The minimum absolute atomic E-state index is 0.0229. The number of rotatable bonds is 1. The first-order chi connectivity index (χ1) is 5.95. The van der Waals surface area contributed by atoms with Crippen LogP contribution < -0.4 is 0 Å². The molecule has 0 heterocycles. The highest BCUT2D eigenvalue weighted by Gasteiger charge is 2.35. The Kier molecular flexibility index (Phi) is 2.70. The number of aliphatic carboxylic acids is 1. The van der Waals surface area contributed by atoms with Gasteiger partial charge >= 0.3 is 5.97 Å². The lowest BCUT2D eigenvalue weighted by atomic mass is 9.86. The van der Waals surface area contributed by atoms with Crippen LogP contribution in [0, 0.1) is 0 Å². The van der Waals surface area contributed by atoms with E-state index in [1.807, 2.05) is 0 Å². The molecule has 1 aliphatic rings. The van der Waals surface area contributed by atoms with Gasteiger partial charge in [-0.1, -0.05) is 0 Å². The van der Waals surface area contributed by atoms with Gasteiger partial charge in [-0.3, -0.25) is 0 Å². The van der Waals surface area contributed by atoms with Crippen LogP contribution in [-0.4, -0.2) is 44.7 Å². The smallest absolute Gasteiger partial charge is 0.331 e. The Labute approximate surface area is 74.9 Å². The van der Waals surface area contributed by atoms with E-state index in [4.69, 9.17) is 5.11 Å². The molecule has 4 N–H and O–H groups in total. The van der Waals surface area contributed by atoms with Gasteiger partial charge in [-0.2, -0.15) is 0 Å². The van der Waals surface area contributed by atoms with Gasteiger partial charge in [0.15, 0.2) is 0 Å². The normalized spacial score (nSPS) is 34.9. The fourth-order valence-corrected chi connectivity index (χ4v) is 1.39. The molecule has 0 unspecified atom stereocenters. The fraction of sp³-hybridized carbons (Fsp3) is 0.625. The van der Waals surface area contributed by atoms with Gasteiger partial charge in [0.1, 0.15) is 12.2 Å². The van der Waals surface area contributed by atoms with Crippen LogP contribution in [-0.2, 0) is 4.79 Å². The molecule has 1 rings (SSSR count). The van der Waals surface area contributed by atoms with Crippen LogP contribution in [0.3, 0.4) is 0 Å². The number of aliphatic hydroxyl groups excluding tert-OH is 3. The Hall–Kier alpha value is -0.910. The van der Waals surface area contributed by atoms with Gasteiger partial charge in [-0.25, -0.2) is 4.79 Å². The average molecular weight is 188 g/mol. The van der Waals surface area contributed by atoms with Gasteiger partial charge in [0.25, 0.3) is 0 Å². The topological polar surface area (TPSA) is 98.0 Å². The van der Waals surface area contributed by atoms with Crippen molar-refractivity contribution >= 4 is 5.97 Å². The highest BCUT2D eigenvalue weighted by Crippen LogP contribution is 2.25. The average Bonchev–Trinajstić information content (AvgIpc) is 2.07. The van der Waals surface area contributed by atoms with Crippen molar-refractivity contribution in [2.45, 2.75) is 31.7 Å². The van der Waals surface area contributed by atoms with Gasteiger partial charge in [-0.05, 0) is 12.5 Å². The molecular formula is C8H12O5. The summed E-state index contributed by atoms with van der Waals surface area (Å²) >= 11 is 0. The molecule has 0 aromatic heterocycles. The van der Waals surface area contributed by atoms with Crippen molar-refractivity contribution in [1.82, 2.24) is 0 Å². The highest BCUT2D eigenvalue weighted by molar-refractivity contribution is 5.88. The van der Waals surface area contributed by atoms with E-state index in [9.17, 15) is 20.1 Å². The van der Waals surface area contributed by atoms with Gasteiger partial charge in [-0.15, -0.1) is 0 Å². The van der Waals surface area contributed by atoms with Gasteiger partial charge in [0.05, 0.1) is 6.10 Å². The zero-order valence-corrected chi connectivity index (χ0v) is 7.14. The van der Waals surface area contributed by atoms with Crippen LogP contribution in [0.1, 0.15) is 13.3 Å². The van der Waals surface area contributed by atoms with Crippen LogP contribution in [0.4, 0.5) is 0 Å². The van der Waals surface area contributed by atoms with Crippen LogP contribution in [0.25, 0.3) is 0 Å². The van der Waals surface area contributed by atoms with Crippen LogP contribution >= 0.6 is 0 Å². The molecule has 0 radical (unpaired) electrons. The molecule has 5 nitrogen and oxygen atoms in total. The Morgan fingerprint density at radius 3 is 2.38 bits per heavy atom. The second-order valence-corrected chi connectivity index (χ2v) is 3.17. The van der Waals surface area contributed by atoms with Crippen molar-refractivity contribution in [1.29, 1.82) is 0 Å². The summed E-state index contributed by atoms with van der Waals surface area (Å²) < 4.78 is 0. The van der Waals surface area contributed by atoms with E-state index in [-0.39, 0.29) is 17.6 Å². The zero-order chi connectivity index (χ0) is 10.2. The molecule has 0 aliphatic heterocycles. The third kappa shape index (κ3) is 1.72. The summed E-state index contributed by atoms with van der Waals surface area (Å²) in [5.41, 5.74) is 0.190. The fourth-order valence-electron chi connectivity index (χ4n) is 1.39. The Balaban J connectivity index is 3.01. The van der Waals surface area contributed by atoms with Gasteiger partial charge < -0.3 is 20.4 Å². The maximum atomic E-state index is 10.6. The van der Waals surface area contributed by atoms with E-state index in [0.29, 0.717) is 0 Å². The predicted molar refractivity (Wildman–Crippen MR) is 43.0 cm³/mol. The summed E-state index contributed by atoms with van der Waals surface area (Å²) in [6.45, 7) is 1.43.